The van der Waals surface area contributed by atoms with Crippen LogP contribution in [0.1, 0.15) is 11.3 Å². The van der Waals surface area contributed by atoms with Crippen LogP contribution >= 0.6 is 11.6 Å². The normalized spacial score (nSPS) is 13.8. The molecule has 0 unspecified atom stereocenters. The Bertz CT molecular complexity index is 766. The number of aryl methyl sites for hydroxylation is 1. The number of halogens is 1. The lowest BCUT2D eigenvalue weighted by Crippen LogP contribution is -2.40. The molecule has 6 nitrogen and oxygen atoms in total. The third-order valence-corrected chi connectivity index (χ3v) is 4.02. The molecular weight excluding hydrogens is 306 g/mol. The highest BCUT2D eigenvalue weighted by Gasteiger charge is 2.25. The van der Waals surface area contributed by atoms with Crippen molar-refractivity contribution in [3.63, 3.8) is 0 Å². The number of rotatable bonds is 3. The average Bonchev–Trinajstić information content (AvgIpc) is 2.79. The summed E-state index contributed by atoms with van der Waals surface area (Å²) in [4.78, 5) is 25.6. The molecule has 116 valence electrons. The zero-order chi connectivity index (χ0) is 15.7. The fourth-order valence-electron chi connectivity index (χ4n) is 2.59. The van der Waals surface area contributed by atoms with Gasteiger partial charge >= 0.3 is 0 Å². The second-order valence-electron chi connectivity index (χ2n) is 5.24. The molecular formula is C15H16ClN3O3. The van der Waals surface area contributed by atoms with E-state index in [1.165, 1.54) is 0 Å². The molecule has 1 N–H and O–H groups in total. The van der Waals surface area contributed by atoms with Crippen LogP contribution in [0.5, 0.6) is 5.75 Å². The van der Waals surface area contributed by atoms with Crippen LogP contribution in [-0.2, 0) is 24.8 Å². The van der Waals surface area contributed by atoms with E-state index in [9.17, 15) is 9.59 Å². The van der Waals surface area contributed by atoms with Gasteiger partial charge in [-0.1, -0.05) is 17.7 Å². The van der Waals surface area contributed by atoms with Gasteiger partial charge in [0.25, 0.3) is 11.5 Å². The van der Waals surface area contributed by atoms with E-state index in [2.05, 4.69) is 5.10 Å². The summed E-state index contributed by atoms with van der Waals surface area (Å²) < 4.78 is 7.15. The number of hydrogen-bond donors (Lipinski definition) is 1. The first-order valence-corrected chi connectivity index (χ1v) is 7.35. The van der Waals surface area contributed by atoms with Gasteiger partial charge in [-0.25, -0.2) is 0 Å². The van der Waals surface area contributed by atoms with Gasteiger partial charge in [-0.15, -0.1) is 0 Å². The van der Waals surface area contributed by atoms with Gasteiger partial charge in [0.1, 0.15) is 5.75 Å². The molecule has 0 saturated heterocycles. The fraction of sp³-hybridized carbons (Fsp3) is 0.333. The van der Waals surface area contributed by atoms with Gasteiger partial charge < -0.3 is 9.64 Å². The lowest BCUT2D eigenvalue weighted by molar-refractivity contribution is -0.134. The standard InChI is InChI=1S/C15H16ClN3O3/c1-18-13-8-19(6-5-12(13)15(21)17-18)14(20)9-22-11-4-2-3-10(16)7-11/h2-4,7H,5-6,8-9H2,1H3,(H,17,21). The predicted octanol–water partition coefficient (Wildman–Crippen LogP) is 1.33. The summed E-state index contributed by atoms with van der Waals surface area (Å²) in [5.41, 5.74) is 1.55. The largest absolute Gasteiger partial charge is 0.484 e. The molecule has 2 heterocycles. The molecule has 0 fully saturated rings. The molecule has 0 radical (unpaired) electrons. The Labute approximate surface area is 132 Å². The van der Waals surface area contributed by atoms with Gasteiger partial charge in [0.15, 0.2) is 6.61 Å². The third-order valence-electron chi connectivity index (χ3n) is 3.78. The van der Waals surface area contributed by atoms with E-state index in [4.69, 9.17) is 16.3 Å². The number of aromatic nitrogens is 2. The number of fused-ring (bicyclic) bond motifs is 1. The van der Waals surface area contributed by atoms with Crippen molar-refractivity contribution >= 4 is 17.5 Å². The van der Waals surface area contributed by atoms with Gasteiger partial charge in [-0.05, 0) is 24.6 Å². The molecule has 0 aliphatic carbocycles. The highest BCUT2D eigenvalue weighted by atomic mass is 35.5. The van der Waals surface area contributed by atoms with E-state index < -0.39 is 0 Å². The lowest BCUT2D eigenvalue weighted by Gasteiger charge is -2.27. The van der Waals surface area contributed by atoms with E-state index >= 15 is 0 Å². The Morgan fingerprint density at radius 1 is 1.45 bits per heavy atom. The maximum atomic E-state index is 12.3. The number of amides is 1. The van der Waals surface area contributed by atoms with Crippen LogP contribution in [0, 0.1) is 0 Å². The number of ether oxygens (including phenoxy) is 1. The third kappa shape index (κ3) is 2.87. The Morgan fingerprint density at radius 2 is 2.27 bits per heavy atom. The zero-order valence-electron chi connectivity index (χ0n) is 12.1. The van der Waals surface area contributed by atoms with Crippen LogP contribution in [0.3, 0.4) is 0 Å². The Balaban J connectivity index is 1.64. The Hall–Kier alpha value is -2.21. The second kappa shape index (κ2) is 5.88. The van der Waals surface area contributed by atoms with Gasteiger partial charge in [0.05, 0.1) is 12.2 Å². The number of hydrogen-bond acceptors (Lipinski definition) is 3. The second-order valence-corrected chi connectivity index (χ2v) is 5.67. The molecule has 0 atom stereocenters. The van der Waals surface area contributed by atoms with Crippen molar-refractivity contribution in [1.82, 2.24) is 14.7 Å². The van der Waals surface area contributed by atoms with Crippen molar-refractivity contribution in [2.24, 2.45) is 7.05 Å². The van der Waals surface area contributed by atoms with Gasteiger partial charge in [0.2, 0.25) is 0 Å². The molecule has 7 heteroatoms. The SMILES string of the molecule is Cn1[nH]c(=O)c2c1CN(C(=O)COc1cccc(Cl)c1)CC2. The monoisotopic (exact) mass is 321 g/mol. The van der Waals surface area contributed by atoms with E-state index in [1.54, 1.807) is 40.9 Å². The van der Waals surface area contributed by atoms with Crippen molar-refractivity contribution in [3.8, 4) is 5.75 Å². The topological polar surface area (TPSA) is 67.3 Å². The first-order chi connectivity index (χ1) is 10.5. The maximum absolute atomic E-state index is 12.3. The van der Waals surface area contributed by atoms with Crippen molar-refractivity contribution < 1.29 is 9.53 Å². The highest BCUT2D eigenvalue weighted by molar-refractivity contribution is 6.30. The smallest absolute Gasteiger partial charge is 0.267 e. The van der Waals surface area contributed by atoms with Crippen molar-refractivity contribution in [3.05, 3.63) is 50.9 Å². The van der Waals surface area contributed by atoms with Crippen molar-refractivity contribution in [2.75, 3.05) is 13.2 Å². The summed E-state index contributed by atoms with van der Waals surface area (Å²) in [7, 11) is 1.77. The molecule has 0 saturated carbocycles. The number of carbonyl (C=O) groups excluding carboxylic acids is 1. The van der Waals surface area contributed by atoms with E-state index in [0.29, 0.717) is 30.3 Å². The number of benzene rings is 1. The number of H-pyrrole nitrogens is 1. The molecule has 1 aromatic heterocycles. The average molecular weight is 322 g/mol. The van der Waals surface area contributed by atoms with E-state index in [0.717, 1.165) is 11.3 Å². The summed E-state index contributed by atoms with van der Waals surface area (Å²) in [5, 5.41) is 3.28. The number of nitrogens with one attached hydrogen (secondary N) is 1. The molecule has 1 aromatic carbocycles. The van der Waals surface area contributed by atoms with Crippen LogP contribution in [0.2, 0.25) is 5.02 Å². The number of aromatic amines is 1. The molecule has 22 heavy (non-hydrogen) atoms. The van der Waals surface area contributed by atoms with Crippen LogP contribution in [0.15, 0.2) is 29.1 Å². The fourth-order valence-corrected chi connectivity index (χ4v) is 2.77. The minimum Gasteiger partial charge on any atom is -0.484 e. The van der Waals surface area contributed by atoms with Crippen LogP contribution in [-0.4, -0.2) is 33.7 Å². The Kier molecular flexibility index (Phi) is 3.94. The minimum absolute atomic E-state index is 0.0476. The predicted molar refractivity (Wildman–Crippen MR) is 82.1 cm³/mol. The van der Waals surface area contributed by atoms with Crippen molar-refractivity contribution in [2.45, 2.75) is 13.0 Å². The van der Waals surface area contributed by atoms with Crippen LogP contribution in [0.25, 0.3) is 0 Å². The molecule has 1 amide bonds. The molecule has 1 aliphatic heterocycles. The first-order valence-electron chi connectivity index (χ1n) is 6.97. The highest BCUT2D eigenvalue weighted by Crippen LogP contribution is 2.18. The van der Waals surface area contributed by atoms with E-state index in [1.807, 2.05) is 0 Å². The molecule has 0 spiro atoms. The first kappa shape index (κ1) is 14.7. The van der Waals surface area contributed by atoms with Gasteiger partial charge in [-0.2, -0.15) is 0 Å². The Morgan fingerprint density at radius 3 is 3.05 bits per heavy atom. The lowest BCUT2D eigenvalue weighted by atomic mass is 10.1. The van der Waals surface area contributed by atoms with E-state index in [-0.39, 0.29) is 18.1 Å². The van der Waals surface area contributed by atoms with Gasteiger partial charge in [-0.3, -0.25) is 19.4 Å². The van der Waals surface area contributed by atoms with Crippen LogP contribution in [0.4, 0.5) is 0 Å². The molecule has 2 aromatic rings. The molecule has 1 aliphatic rings. The van der Waals surface area contributed by atoms with Crippen LogP contribution < -0.4 is 10.3 Å². The number of carbonyl (C=O) groups is 1. The quantitative estimate of drug-likeness (QED) is 0.927. The summed E-state index contributed by atoms with van der Waals surface area (Å²) in [6, 6.07) is 6.93. The van der Waals surface area contributed by atoms with Gasteiger partial charge in [0, 0.05) is 24.2 Å². The summed E-state index contributed by atoms with van der Waals surface area (Å²) >= 11 is 5.87. The summed E-state index contributed by atoms with van der Waals surface area (Å²) in [6.07, 6.45) is 0.564. The maximum Gasteiger partial charge on any atom is 0.267 e. The minimum atomic E-state index is -0.112. The zero-order valence-corrected chi connectivity index (χ0v) is 12.9. The molecule has 0 bridgehead atoms. The summed E-state index contributed by atoms with van der Waals surface area (Å²) in [5.74, 6) is 0.451. The molecule has 3 rings (SSSR count). The summed E-state index contributed by atoms with van der Waals surface area (Å²) in [6.45, 7) is 0.897. The number of nitrogens with zero attached hydrogens (tertiary/aromatic N) is 2. The van der Waals surface area contributed by atoms with Crippen molar-refractivity contribution in [1.29, 1.82) is 0 Å².